The number of phenols is 1. The minimum Gasteiger partial charge on any atom is -0.508 e. The maximum absolute atomic E-state index is 12.8. The Hall–Kier alpha value is -3.57. The maximum atomic E-state index is 12.8. The SMILES string of the molecule is COc1ccc(C=C2SC(=S)N(CCCCCC(=O)NNC(=O)c3cccc(O)c3)C2=O)cc1OC. The molecule has 1 heterocycles. The summed E-state index contributed by atoms with van der Waals surface area (Å²) in [5.41, 5.74) is 5.71. The van der Waals surface area contributed by atoms with E-state index in [1.807, 2.05) is 6.07 Å². The maximum Gasteiger partial charge on any atom is 0.269 e. The molecule has 9 nitrogen and oxygen atoms in total. The molecule has 3 amide bonds. The number of aromatic hydroxyl groups is 1. The molecule has 0 saturated carbocycles. The van der Waals surface area contributed by atoms with Crippen molar-refractivity contribution < 1.29 is 29.0 Å². The van der Waals surface area contributed by atoms with Crippen LogP contribution < -0.4 is 20.3 Å². The van der Waals surface area contributed by atoms with E-state index in [1.54, 1.807) is 37.3 Å². The molecule has 1 fully saturated rings. The molecule has 0 aliphatic carbocycles. The van der Waals surface area contributed by atoms with Crippen LogP contribution >= 0.6 is 24.0 Å². The molecule has 36 heavy (non-hydrogen) atoms. The highest BCUT2D eigenvalue weighted by atomic mass is 32.2. The summed E-state index contributed by atoms with van der Waals surface area (Å²) in [6.45, 7) is 0.462. The van der Waals surface area contributed by atoms with E-state index < -0.39 is 5.91 Å². The minimum absolute atomic E-state index is 0.0353. The molecule has 0 radical (unpaired) electrons. The summed E-state index contributed by atoms with van der Waals surface area (Å²) in [6.07, 6.45) is 3.97. The van der Waals surface area contributed by atoms with Gasteiger partial charge in [0.25, 0.3) is 11.8 Å². The Kier molecular flexibility index (Phi) is 9.71. The summed E-state index contributed by atoms with van der Waals surface area (Å²) in [6, 6.07) is 11.2. The zero-order chi connectivity index (χ0) is 26.1. The van der Waals surface area contributed by atoms with Gasteiger partial charge in [-0.15, -0.1) is 0 Å². The fraction of sp³-hybridized carbons (Fsp3) is 0.280. The Bertz CT molecular complexity index is 1180. The van der Waals surface area contributed by atoms with Gasteiger partial charge in [-0.25, -0.2) is 0 Å². The van der Waals surface area contributed by atoms with Gasteiger partial charge in [-0.05, 0) is 54.8 Å². The van der Waals surface area contributed by atoms with Gasteiger partial charge in [0.2, 0.25) is 5.91 Å². The lowest BCUT2D eigenvalue weighted by Crippen LogP contribution is -2.41. The summed E-state index contributed by atoms with van der Waals surface area (Å²) in [4.78, 5) is 38.9. The van der Waals surface area contributed by atoms with Crippen molar-refractivity contribution in [3.05, 3.63) is 58.5 Å². The lowest BCUT2D eigenvalue weighted by molar-refractivity contribution is -0.123. The normalized spacial score (nSPS) is 14.2. The minimum atomic E-state index is -0.519. The third-order valence-corrected chi connectivity index (χ3v) is 6.67. The van der Waals surface area contributed by atoms with Crippen molar-refractivity contribution in [2.75, 3.05) is 20.8 Å². The number of phenolic OH excluding ortho intramolecular Hbond substituents is 1. The predicted octanol–water partition coefficient (Wildman–Crippen LogP) is 3.63. The van der Waals surface area contributed by atoms with Crippen LogP contribution in [0.5, 0.6) is 17.2 Å². The predicted molar refractivity (Wildman–Crippen MR) is 142 cm³/mol. The Balaban J connectivity index is 1.40. The molecule has 1 aliphatic heterocycles. The first kappa shape index (κ1) is 27.0. The molecule has 3 rings (SSSR count). The van der Waals surface area contributed by atoms with E-state index in [1.165, 1.54) is 36.0 Å². The topological polar surface area (TPSA) is 117 Å². The number of methoxy groups -OCH3 is 2. The number of rotatable bonds is 10. The van der Waals surface area contributed by atoms with E-state index in [2.05, 4.69) is 10.9 Å². The van der Waals surface area contributed by atoms with Crippen molar-refractivity contribution in [2.24, 2.45) is 0 Å². The van der Waals surface area contributed by atoms with Crippen molar-refractivity contribution in [2.45, 2.75) is 25.7 Å². The average Bonchev–Trinajstić information content (AvgIpc) is 3.14. The molecule has 0 atom stereocenters. The molecule has 11 heteroatoms. The Morgan fingerprint density at radius 1 is 1.06 bits per heavy atom. The molecule has 0 aromatic heterocycles. The van der Waals surface area contributed by atoms with Crippen LogP contribution in [0.25, 0.3) is 6.08 Å². The number of ether oxygens (including phenoxy) is 2. The van der Waals surface area contributed by atoms with E-state index in [9.17, 15) is 19.5 Å². The van der Waals surface area contributed by atoms with Gasteiger partial charge in [0.15, 0.2) is 11.5 Å². The molecule has 2 aromatic carbocycles. The number of nitrogens with zero attached hydrogens (tertiary/aromatic N) is 1. The van der Waals surface area contributed by atoms with Crippen molar-refractivity contribution >= 4 is 52.1 Å². The van der Waals surface area contributed by atoms with Crippen LogP contribution in [-0.2, 0) is 9.59 Å². The van der Waals surface area contributed by atoms with Crippen LogP contribution in [-0.4, -0.2) is 52.8 Å². The number of amides is 3. The molecule has 1 aliphatic rings. The zero-order valence-corrected chi connectivity index (χ0v) is 21.5. The van der Waals surface area contributed by atoms with Crippen molar-refractivity contribution in [1.82, 2.24) is 15.8 Å². The van der Waals surface area contributed by atoms with Crippen LogP contribution in [0.1, 0.15) is 41.6 Å². The van der Waals surface area contributed by atoms with Gasteiger partial charge in [-0.3, -0.25) is 30.1 Å². The molecule has 190 valence electrons. The van der Waals surface area contributed by atoms with Crippen LogP contribution in [0.15, 0.2) is 47.4 Å². The van der Waals surface area contributed by atoms with Crippen LogP contribution in [0.3, 0.4) is 0 Å². The van der Waals surface area contributed by atoms with E-state index in [4.69, 9.17) is 21.7 Å². The molecular formula is C25H27N3O6S2. The zero-order valence-electron chi connectivity index (χ0n) is 19.9. The average molecular weight is 530 g/mol. The van der Waals surface area contributed by atoms with Crippen molar-refractivity contribution in [3.63, 3.8) is 0 Å². The second-order valence-electron chi connectivity index (χ2n) is 7.81. The van der Waals surface area contributed by atoms with Gasteiger partial charge in [0, 0.05) is 18.5 Å². The highest BCUT2D eigenvalue weighted by molar-refractivity contribution is 8.26. The Labute approximate surface area is 218 Å². The lowest BCUT2D eigenvalue weighted by Gasteiger charge is -2.14. The van der Waals surface area contributed by atoms with E-state index in [0.717, 1.165) is 5.56 Å². The van der Waals surface area contributed by atoms with Crippen molar-refractivity contribution in [3.8, 4) is 17.2 Å². The number of hydrogen-bond donors (Lipinski definition) is 3. The largest absolute Gasteiger partial charge is 0.508 e. The van der Waals surface area contributed by atoms with Crippen LogP contribution in [0, 0.1) is 0 Å². The number of carbonyl (C=O) groups excluding carboxylic acids is 3. The molecule has 0 spiro atoms. The van der Waals surface area contributed by atoms with Crippen molar-refractivity contribution in [1.29, 1.82) is 0 Å². The quantitative estimate of drug-likeness (QED) is 0.185. The first-order valence-corrected chi connectivity index (χ1v) is 12.4. The monoisotopic (exact) mass is 529 g/mol. The summed E-state index contributed by atoms with van der Waals surface area (Å²) in [5, 5.41) is 9.42. The molecular weight excluding hydrogens is 502 g/mol. The molecule has 0 unspecified atom stereocenters. The van der Waals surface area contributed by atoms with E-state index in [-0.39, 0.29) is 29.5 Å². The summed E-state index contributed by atoms with van der Waals surface area (Å²) >= 11 is 6.64. The van der Waals surface area contributed by atoms with Gasteiger partial charge in [0.05, 0.1) is 19.1 Å². The van der Waals surface area contributed by atoms with Gasteiger partial charge >= 0.3 is 0 Å². The number of nitrogens with one attached hydrogen (secondary N) is 2. The number of hydrogen-bond acceptors (Lipinski definition) is 8. The number of hydrazine groups is 1. The molecule has 1 saturated heterocycles. The first-order valence-electron chi connectivity index (χ1n) is 11.2. The number of thiocarbonyl (C=S) groups is 1. The highest BCUT2D eigenvalue weighted by Gasteiger charge is 2.31. The van der Waals surface area contributed by atoms with E-state index >= 15 is 0 Å². The Morgan fingerprint density at radius 3 is 2.56 bits per heavy atom. The standard InChI is InChI=1S/C25H27N3O6S2/c1-33-19-11-10-16(13-20(19)34-2)14-21-24(32)28(25(35)36-21)12-5-3-4-9-22(30)26-27-23(31)17-7-6-8-18(29)15-17/h6-8,10-11,13-15,29H,3-5,9,12H2,1-2H3,(H,26,30)(H,27,31). The smallest absolute Gasteiger partial charge is 0.269 e. The second kappa shape index (κ2) is 12.9. The third-order valence-electron chi connectivity index (χ3n) is 5.29. The van der Waals surface area contributed by atoms with Gasteiger partial charge < -0.3 is 14.6 Å². The third kappa shape index (κ3) is 7.22. The Morgan fingerprint density at radius 2 is 1.83 bits per heavy atom. The van der Waals surface area contributed by atoms with Gasteiger partial charge in [-0.2, -0.15) is 0 Å². The molecule has 2 aromatic rings. The first-order chi connectivity index (χ1) is 17.3. The fourth-order valence-corrected chi connectivity index (χ4v) is 4.74. The number of thioether (sulfide) groups is 1. The molecule has 3 N–H and O–H groups in total. The summed E-state index contributed by atoms with van der Waals surface area (Å²) in [7, 11) is 3.12. The summed E-state index contributed by atoms with van der Waals surface area (Å²) in [5.74, 6) is 0.153. The molecule has 0 bridgehead atoms. The highest BCUT2D eigenvalue weighted by Crippen LogP contribution is 2.34. The number of carbonyl (C=O) groups is 3. The van der Waals surface area contributed by atoms with E-state index in [0.29, 0.717) is 46.5 Å². The van der Waals surface area contributed by atoms with Crippen LogP contribution in [0.4, 0.5) is 0 Å². The number of benzene rings is 2. The summed E-state index contributed by atoms with van der Waals surface area (Å²) < 4.78 is 11.1. The van der Waals surface area contributed by atoms with Gasteiger partial charge in [-0.1, -0.05) is 42.5 Å². The fourth-order valence-electron chi connectivity index (χ4n) is 3.43. The second-order valence-corrected chi connectivity index (χ2v) is 9.49. The van der Waals surface area contributed by atoms with Crippen LogP contribution in [0.2, 0.25) is 0 Å². The lowest BCUT2D eigenvalue weighted by atomic mass is 10.1. The number of unbranched alkanes of at least 4 members (excludes halogenated alkanes) is 2. The van der Waals surface area contributed by atoms with Gasteiger partial charge in [0.1, 0.15) is 10.1 Å².